The van der Waals surface area contributed by atoms with Crippen molar-refractivity contribution in [1.82, 2.24) is 0 Å². The molecule has 0 radical (unpaired) electrons. The Balaban J connectivity index is 2.32. The highest BCUT2D eigenvalue weighted by atomic mass is 32.2. The third-order valence-electron chi connectivity index (χ3n) is 3.22. The van der Waals surface area contributed by atoms with Crippen molar-refractivity contribution >= 4 is 21.4 Å². The lowest BCUT2D eigenvalue weighted by atomic mass is 10.3. The van der Waals surface area contributed by atoms with Crippen LogP contribution < -0.4 is 5.32 Å². The molecule has 2 aromatic rings. The van der Waals surface area contributed by atoms with Crippen LogP contribution in [0.1, 0.15) is 6.92 Å². The third-order valence-corrected chi connectivity index (χ3v) is 5.29. The Morgan fingerprint density at radius 3 is 2.12 bits per heavy atom. The van der Waals surface area contributed by atoms with Gasteiger partial charge in [0.25, 0.3) is 0 Å². The van der Waals surface area contributed by atoms with E-state index < -0.39 is 54.8 Å². The fraction of sp³-hybridized carbons (Fsp3) is 0.133. The summed E-state index contributed by atoms with van der Waals surface area (Å²) < 4.78 is 77.9. The van der Waals surface area contributed by atoms with Crippen molar-refractivity contribution in [2.24, 2.45) is 0 Å². The first-order chi connectivity index (χ1) is 11.1. The molecule has 0 aromatic heterocycles. The van der Waals surface area contributed by atoms with E-state index in [1.54, 1.807) is 0 Å². The highest BCUT2D eigenvalue weighted by Crippen LogP contribution is 2.22. The molecule has 128 valence electrons. The largest absolute Gasteiger partial charge is 0.322 e. The van der Waals surface area contributed by atoms with Crippen LogP contribution in [0.5, 0.6) is 0 Å². The van der Waals surface area contributed by atoms with E-state index in [9.17, 15) is 30.8 Å². The lowest BCUT2D eigenvalue weighted by Gasteiger charge is -2.14. The van der Waals surface area contributed by atoms with Gasteiger partial charge in [0.15, 0.2) is 9.84 Å². The molecule has 1 amide bonds. The van der Waals surface area contributed by atoms with Crippen LogP contribution >= 0.6 is 0 Å². The maximum atomic E-state index is 13.6. The molecular formula is C15H11F4NO3S. The maximum absolute atomic E-state index is 13.6. The minimum Gasteiger partial charge on any atom is -0.322 e. The van der Waals surface area contributed by atoms with Crippen molar-refractivity contribution in [3.05, 3.63) is 59.7 Å². The van der Waals surface area contributed by atoms with E-state index in [4.69, 9.17) is 0 Å². The molecule has 1 atom stereocenters. The van der Waals surface area contributed by atoms with E-state index in [0.717, 1.165) is 25.1 Å². The van der Waals surface area contributed by atoms with Crippen molar-refractivity contribution in [3.8, 4) is 0 Å². The van der Waals surface area contributed by atoms with Gasteiger partial charge < -0.3 is 5.32 Å². The van der Waals surface area contributed by atoms with Crippen molar-refractivity contribution in [2.45, 2.75) is 17.1 Å². The second-order valence-electron chi connectivity index (χ2n) is 4.88. The SMILES string of the molecule is CC(C(=O)Nc1cc(F)ccc1F)S(=O)(=O)c1cc(F)ccc1F. The highest BCUT2D eigenvalue weighted by Gasteiger charge is 2.32. The number of rotatable bonds is 4. The Kier molecular flexibility index (Phi) is 4.93. The Bertz CT molecular complexity index is 900. The zero-order chi connectivity index (χ0) is 18.1. The summed E-state index contributed by atoms with van der Waals surface area (Å²) in [4.78, 5) is 11.0. The van der Waals surface area contributed by atoms with Crippen molar-refractivity contribution in [2.75, 3.05) is 5.32 Å². The Hall–Kier alpha value is -2.42. The number of amides is 1. The number of hydrogen-bond acceptors (Lipinski definition) is 3. The Morgan fingerprint density at radius 2 is 1.50 bits per heavy atom. The lowest BCUT2D eigenvalue weighted by Crippen LogP contribution is -2.33. The van der Waals surface area contributed by atoms with Crippen LogP contribution in [0.15, 0.2) is 41.3 Å². The monoisotopic (exact) mass is 361 g/mol. The predicted molar refractivity (Wildman–Crippen MR) is 78.0 cm³/mol. The normalized spacial score (nSPS) is 12.7. The number of nitrogens with one attached hydrogen (secondary N) is 1. The van der Waals surface area contributed by atoms with E-state index >= 15 is 0 Å². The lowest BCUT2D eigenvalue weighted by molar-refractivity contribution is -0.115. The Labute approximate surface area is 135 Å². The summed E-state index contributed by atoms with van der Waals surface area (Å²) >= 11 is 0. The molecule has 0 fully saturated rings. The van der Waals surface area contributed by atoms with Crippen molar-refractivity contribution < 1.29 is 30.8 Å². The average Bonchev–Trinajstić information content (AvgIpc) is 2.52. The smallest absolute Gasteiger partial charge is 0.242 e. The second-order valence-corrected chi connectivity index (χ2v) is 7.11. The van der Waals surface area contributed by atoms with Crippen LogP contribution in [0.3, 0.4) is 0 Å². The second kappa shape index (κ2) is 6.60. The topological polar surface area (TPSA) is 63.2 Å². The number of carbonyl (C=O) groups excluding carboxylic acids is 1. The van der Waals surface area contributed by atoms with Gasteiger partial charge >= 0.3 is 0 Å². The molecule has 1 N–H and O–H groups in total. The molecule has 4 nitrogen and oxygen atoms in total. The number of sulfone groups is 1. The molecule has 9 heteroatoms. The first kappa shape index (κ1) is 17.9. The summed E-state index contributed by atoms with van der Waals surface area (Å²) in [5.74, 6) is -5.28. The van der Waals surface area contributed by atoms with E-state index in [1.165, 1.54) is 0 Å². The zero-order valence-corrected chi connectivity index (χ0v) is 13.0. The van der Waals surface area contributed by atoms with Gasteiger partial charge in [0.05, 0.1) is 5.69 Å². The average molecular weight is 361 g/mol. The zero-order valence-electron chi connectivity index (χ0n) is 12.2. The number of benzene rings is 2. The van der Waals surface area contributed by atoms with Crippen LogP contribution in [0.25, 0.3) is 0 Å². The highest BCUT2D eigenvalue weighted by molar-refractivity contribution is 7.92. The first-order valence-electron chi connectivity index (χ1n) is 6.58. The minimum absolute atomic E-state index is 0.442. The summed E-state index contributed by atoms with van der Waals surface area (Å²) in [6.07, 6.45) is 0. The minimum atomic E-state index is -4.58. The molecule has 2 aromatic carbocycles. The molecule has 2 rings (SSSR count). The molecule has 1 unspecified atom stereocenters. The fourth-order valence-electron chi connectivity index (χ4n) is 1.85. The van der Waals surface area contributed by atoms with Crippen LogP contribution in [0.4, 0.5) is 23.2 Å². The number of anilines is 1. The van der Waals surface area contributed by atoms with Crippen molar-refractivity contribution in [3.63, 3.8) is 0 Å². The molecule has 24 heavy (non-hydrogen) atoms. The number of carbonyl (C=O) groups is 1. The maximum Gasteiger partial charge on any atom is 0.242 e. The molecule has 0 aliphatic rings. The Morgan fingerprint density at radius 1 is 0.958 bits per heavy atom. The van der Waals surface area contributed by atoms with Gasteiger partial charge in [0, 0.05) is 6.07 Å². The quantitative estimate of drug-likeness (QED) is 0.852. The van der Waals surface area contributed by atoms with Crippen LogP contribution in [0.2, 0.25) is 0 Å². The summed E-state index contributed by atoms with van der Waals surface area (Å²) in [5.41, 5.74) is -0.568. The van der Waals surface area contributed by atoms with E-state index in [1.807, 2.05) is 5.32 Å². The van der Waals surface area contributed by atoms with Crippen LogP contribution in [-0.2, 0) is 14.6 Å². The number of hydrogen-bond donors (Lipinski definition) is 1. The van der Waals surface area contributed by atoms with Gasteiger partial charge in [-0.2, -0.15) is 0 Å². The van der Waals surface area contributed by atoms with Gasteiger partial charge in [-0.1, -0.05) is 0 Å². The first-order valence-corrected chi connectivity index (χ1v) is 8.12. The van der Waals surface area contributed by atoms with E-state index in [2.05, 4.69) is 0 Å². The summed E-state index contributed by atoms with van der Waals surface area (Å²) in [6.45, 7) is 0.923. The molecule has 0 aliphatic heterocycles. The van der Waals surface area contributed by atoms with Gasteiger partial charge in [0.2, 0.25) is 5.91 Å². The predicted octanol–water partition coefficient (Wildman–Crippen LogP) is 3.04. The fourth-order valence-corrected chi connectivity index (χ4v) is 3.19. The summed E-state index contributed by atoms with van der Waals surface area (Å²) in [5, 5.41) is 0.0471. The molecule has 0 saturated carbocycles. The van der Waals surface area contributed by atoms with Gasteiger partial charge in [-0.05, 0) is 37.3 Å². The van der Waals surface area contributed by atoms with Crippen molar-refractivity contribution in [1.29, 1.82) is 0 Å². The molecule has 0 saturated heterocycles. The third kappa shape index (κ3) is 3.56. The molecule has 0 aliphatic carbocycles. The van der Waals surface area contributed by atoms with E-state index in [-0.39, 0.29) is 0 Å². The summed E-state index contributed by atoms with van der Waals surface area (Å²) in [6, 6.07) is 4.00. The van der Waals surface area contributed by atoms with Gasteiger partial charge in [-0.3, -0.25) is 4.79 Å². The number of halogens is 4. The van der Waals surface area contributed by atoms with Crippen LogP contribution in [0, 0.1) is 23.3 Å². The van der Waals surface area contributed by atoms with Gasteiger partial charge in [-0.25, -0.2) is 26.0 Å². The standard InChI is InChI=1S/C15H11F4NO3S/c1-8(15(21)20-13-6-9(16)2-4-11(13)18)24(22,23)14-7-10(17)3-5-12(14)19/h2-8H,1H3,(H,20,21). The summed E-state index contributed by atoms with van der Waals surface area (Å²) in [7, 11) is -4.58. The van der Waals surface area contributed by atoms with Gasteiger partial charge in [0.1, 0.15) is 33.4 Å². The molecule has 0 bridgehead atoms. The molecule has 0 spiro atoms. The van der Waals surface area contributed by atoms with Gasteiger partial charge in [-0.15, -0.1) is 0 Å². The molecule has 0 heterocycles. The van der Waals surface area contributed by atoms with E-state index in [0.29, 0.717) is 18.2 Å². The van der Waals surface area contributed by atoms with Crippen LogP contribution in [-0.4, -0.2) is 19.6 Å². The molecular weight excluding hydrogens is 350 g/mol.